The third-order valence-corrected chi connectivity index (χ3v) is 13.3. The van der Waals surface area contributed by atoms with Gasteiger partial charge in [0, 0.05) is 6.61 Å². The molecule has 0 spiro atoms. The van der Waals surface area contributed by atoms with Crippen LogP contribution in [0.1, 0.15) is 40.0 Å². The van der Waals surface area contributed by atoms with Crippen LogP contribution in [-0.2, 0) is 51.8 Å². The number of hydrogen-bond acceptors (Lipinski definition) is 11. The van der Waals surface area contributed by atoms with Crippen molar-refractivity contribution in [2.24, 2.45) is 0 Å². The molecule has 1 fully saturated rings. The largest absolute Gasteiger partial charge is 0.405 e. The summed E-state index contributed by atoms with van der Waals surface area (Å²) in [6, 6.07) is 21.3. The zero-order valence-corrected chi connectivity index (χ0v) is 32.4. The lowest BCUT2D eigenvalue weighted by Gasteiger charge is -2.43. The fourth-order valence-corrected chi connectivity index (χ4v) is 10.3. The van der Waals surface area contributed by atoms with Gasteiger partial charge in [-0.2, -0.15) is 0 Å². The van der Waals surface area contributed by atoms with Crippen molar-refractivity contribution < 1.29 is 51.8 Å². The third kappa shape index (κ3) is 18.2. The van der Waals surface area contributed by atoms with Gasteiger partial charge in [-0.05, 0) is 34.7 Å². The van der Waals surface area contributed by atoms with Crippen LogP contribution in [0.2, 0.25) is 5.04 Å². The van der Waals surface area contributed by atoms with Gasteiger partial charge >= 0.3 is 0 Å². The molecule has 12 heteroatoms. The highest BCUT2D eigenvalue weighted by molar-refractivity contribution is 6.99. The second-order valence-electron chi connectivity index (χ2n) is 13.1. The van der Waals surface area contributed by atoms with E-state index in [1.54, 1.807) is 0 Å². The van der Waals surface area contributed by atoms with E-state index in [0.29, 0.717) is 119 Å². The molecule has 0 aromatic heterocycles. The summed E-state index contributed by atoms with van der Waals surface area (Å²) < 4.78 is 62.7. The van der Waals surface area contributed by atoms with Crippen molar-refractivity contribution in [3.05, 3.63) is 60.7 Å². The van der Waals surface area contributed by atoms with Gasteiger partial charge in [0.15, 0.2) is 6.29 Å². The van der Waals surface area contributed by atoms with Crippen LogP contribution in [0, 0.1) is 0 Å². The van der Waals surface area contributed by atoms with Crippen LogP contribution in [0.15, 0.2) is 60.7 Å². The van der Waals surface area contributed by atoms with Gasteiger partial charge in [0.1, 0.15) is 0 Å². The van der Waals surface area contributed by atoms with Crippen molar-refractivity contribution in [2.45, 2.75) is 51.4 Å². The van der Waals surface area contributed by atoms with Gasteiger partial charge in [0.05, 0.1) is 119 Å². The summed E-state index contributed by atoms with van der Waals surface area (Å²) in [4.78, 5) is 0. The molecule has 11 nitrogen and oxygen atoms in total. The predicted molar refractivity (Wildman–Crippen MR) is 200 cm³/mol. The molecule has 1 atom stereocenters. The zero-order valence-electron chi connectivity index (χ0n) is 31.4. The van der Waals surface area contributed by atoms with E-state index in [-0.39, 0.29) is 11.3 Å². The van der Waals surface area contributed by atoms with E-state index in [1.807, 2.05) is 0 Å². The minimum Gasteiger partial charge on any atom is -0.405 e. The summed E-state index contributed by atoms with van der Waals surface area (Å²) in [6.07, 6.45) is 3.19. The highest BCUT2D eigenvalue weighted by atomic mass is 28.4. The maximum absolute atomic E-state index is 6.85. The summed E-state index contributed by atoms with van der Waals surface area (Å²) in [5, 5.41) is 2.49. The molecule has 1 aliphatic heterocycles. The Bertz CT molecular complexity index is 1030. The van der Waals surface area contributed by atoms with Crippen molar-refractivity contribution in [2.75, 3.05) is 126 Å². The molecule has 3 rings (SSSR count). The second kappa shape index (κ2) is 27.8. The normalized spacial score (nSPS) is 15.4. The van der Waals surface area contributed by atoms with Crippen LogP contribution >= 0.6 is 0 Å². The number of ether oxygens (including phenoxy) is 10. The Morgan fingerprint density at radius 2 is 0.843 bits per heavy atom. The Morgan fingerprint density at radius 3 is 1.18 bits per heavy atom. The fourth-order valence-electron chi connectivity index (χ4n) is 5.74. The lowest BCUT2D eigenvalue weighted by molar-refractivity contribution is -0.169. The Hall–Kier alpha value is -1.78. The van der Waals surface area contributed by atoms with E-state index in [9.17, 15) is 0 Å². The molecule has 1 unspecified atom stereocenters. The first-order valence-electron chi connectivity index (χ1n) is 18.6. The molecule has 2 aromatic carbocycles. The molecule has 51 heavy (non-hydrogen) atoms. The standard InChI is InChI=1S/C39H64O11Si/c1-39(2,3)51(36-12-6-4-7-13-36,37-14-8-5-9-15-37)50-35-33-47-31-29-45-27-25-43-23-21-41-19-18-40-20-22-42-24-26-44-28-30-46-32-34-49-38-16-10-11-17-48-38/h4-9,12-15,38H,10-11,16-35H2,1-3H3. The third-order valence-electron chi connectivity index (χ3n) is 8.24. The van der Waals surface area contributed by atoms with Crippen molar-refractivity contribution >= 4 is 18.7 Å². The summed E-state index contributed by atoms with van der Waals surface area (Å²) >= 11 is 0. The van der Waals surface area contributed by atoms with Crippen LogP contribution in [0.5, 0.6) is 0 Å². The molecule has 1 saturated heterocycles. The first-order chi connectivity index (χ1) is 25.0. The SMILES string of the molecule is CC(C)(C)[Si](OCCOCCOCCOCCOCCOCCOCCOCCOCCOC1CCCCO1)(c1ccccc1)c1ccccc1. The quantitative estimate of drug-likeness (QED) is 0.0822. The molecular weight excluding hydrogens is 673 g/mol. The molecule has 1 aliphatic rings. The molecule has 0 bridgehead atoms. The molecule has 0 N–H and O–H groups in total. The van der Waals surface area contributed by atoms with E-state index >= 15 is 0 Å². The van der Waals surface area contributed by atoms with E-state index in [2.05, 4.69) is 81.4 Å². The molecule has 1 heterocycles. The van der Waals surface area contributed by atoms with Crippen LogP contribution < -0.4 is 10.4 Å². The summed E-state index contributed by atoms with van der Waals surface area (Å²) in [7, 11) is -2.53. The monoisotopic (exact) mass is 736 g/mol. The van der Waals surface area contributed by atoms with Crippen LogP contribution in [0.4, 0.5) is 0 Å². The highest BCUT2D eigenvalue weighted by Gasteiger charge is 2.50. The summed E-state index contributed by atoms with van der Waals surface area (Å²) in [5.74, 6) is 0. The first kappa shape index (κ1) is 43.6. The Morgan fingerprint density at radius 1 is 0.490 bits per heavy atom. The second-order valence-corrected chi connectivity index (χ2v) is 17.4. The topological polar surface area (TPSA) is 102 Å². The lowest BCUT2D eigenvalue weighted by atomic mass is 10.2. The number of benzene rings is 2. The van der Waals surface area contributed by atoms with Crippen LogP contribution in [0.25, 0.3) is 0 Å². The van der Waals surface area contributed by atoms with Crippen LogP contribution in [-0.4, -0.2) is 140 Å². The average molecular weight is 737 g/mol. The highest BCUT2D eigenvalue weighted by Crippen LogP contribution is 2.36. The van der Waals surface area contributed by atoms with Gasteiger partial charge in [-0.25, -0.2) is 0 Å². The van der Waals surface area contributed by atoms with E-state index in [4.69, 9.17) is 51.8 Å². The Labute approximate surface area is 307 Å². The zero-order chi connectivity index (χ0) is 36.1. The van der Waals surface area contributed by atoms with Gasteiger partial charge in [-0.15, -0.1) is 0 Å². The van der Waals surface area contributed by atoms with Gasteiger partial charge in [0.2, 0.25) is 0 Å². The van der Waals surface area contributed by atoms with E-state index in [1.165, 1.54) is 16.8 Å². The smallest absolute Gasteiger partial charge is 0.261 e. The average Bonchev–Trinajstić information content (AvgIpc) is 3.15. The molecule has 0 amide bonds. The first-order valence-corrected chi connectivity index (χ1v) is 20.5. The number of hydrogen-bond donors (Lipinski definition) is 0. The van der Waals surface area contributed by atoms with Gasteiger partial charge in [-0.3, -0.25) is 0 Å². The number of rotatable bonds is 31. The van der Waals surface area contributed by atoms with Gasteiger partial charge in [-0.1, -0.05) is 81.4 Å². The van der Waals surface area contributed by atoms with E-state index < -0.39 is 8.32 Å². The maximum Gasteiger partial charge on any atom is 0.261 e. The van der Waals surface area contributed by atoms with Gasteiger partial charge in [0.25, 0.3) is 8.32 Å². The van der Waals surface area contributed by atoms with Gasteiger partial charge < -0.3 is 51.8 Å². The molecular formula is C39H64O11Si. The fraction of sp³-hybridized carbons (Fsp3) is 0.692. The Balaban J connectivity index is 1.04. The van der Waals surface area contributed by atoms with Crippen molar-refractivity contribution in [1.82, 2.24) is 0 Å². The van der Waals surface area contributed by atoms with Crippen LogP contribution in [0.3, 0.4) is 0 Å². The lowest BCUT2D eigenvalue weighted by Crippen LogP contribution is -2.66. The molecule has 0 radical (unpaired) electrons. The molecule has 0 aliphatic carbocycles. The van der Waals surface area contributed by atoms with Crippen molar-refractivity contribution in [1.29, 1.82) is 0 Å². The summed E-state index contributed by atoms with van der Waals surface area (Å²) in [5.41, 5.74) is 0. The maximum atomic E-state index is 6.85. The summed E-state index contributed by atoms with van der Waals surface area (Å²) in [6.45, 7) is 17.0. The Kier molecular flexibility index (Phi) is 23.8. The minimum absolute atomic E-state index is 0.0535. The van der Waals surface area contributed by atoms with Crippen molar-refractivity contribution in [3.8, 4) is 0 Å². The van der Waals surface area contributed by atoms with E-state index in [0.717, 1.165) is 19.4 Å². The molecule has 290 valence electrons. The minimum atomic E-state index is -2.53. The molecule has 0 saturated carbocycles. The molecule has 2 aromatic rings. The van der Waals surface area contributed by atoms with Crippen molar-refractivity contribution in [3.63, 3.8) is 0 Å². The predicted octanol–water partition coefficient (Wildman–Crippen LogP) is 4.24.